The van der Waals surface area contributed by atoms with E-state index in [1.807, 2.05) is 20.2 Å². The number of pyridine rings is 1. The van der Waals surface area contributed by atoms with Crippen LogP contribution in [0, 0.1) is 18.8 Å². The lowest BCUT2D eigenvalue weighted by molar-refractivity contribution is 0.0601. The molecule has 0 N–H and O–H groups in total. The zero-order chi connectivity index (χ0) is 20.1. The van der Waals surface area contributed by atoms with Gasteiger partial charge in [-0.3, -0.25) is 9.36 Å². The molecule has 3 aromatic rings. The number of aromatic nitrogens is 5. The third kappa shape index (κ3) is 3.28. The average molecular weight is 392 g/mol. The van der Waals surface area contributed by atoms with Crippen LogP contribution in [0.5, 0.6) is 0 Å². The smallest absolute Gasteiger partial charge is 0.341 e. The third-order valence-corrected chi connectivity index (χ3v) is 5.96. The number of nitrogens with zero attached hydrogens (tertiary/aromatic N) is 6. The molecule has 8 heteroatoms. The number of piperidine rings is 1. The summed E-state index contributed by atoms with van der Waals surface area (Å²) >= 11 is 0. The second-order valence-corrected chi connectivity index (χ2v) is 8.06. The SMILES string of the molecule is COC(=O)c1cn(Cc2ccc(N3CC4CC4C3)nc2C)nc1-c1cnn(C)c1. The molecule has 2 atom stereocenters. The summed E-state index contributed by atoms with van der Waals surface area (Å²) in [7, 11) is 3.21. The van der Waals surface area contributed by atoms with Gasteiger partial charge in [-0.05, 0) is 36.8 Å². The van der Waals surface area contributed by atoms with E-state index in [2.05, 4.69) is 27.2 Å². The van der Waals surface area contributed by atoms with Crippen LogP contribution in [0.15, 0.2) is 30.7 Å². The zero-order valence-electron chi connectivity index (χ0n) is 16.9. The van der Waals surface area contributed by atoms with Gasteiger partial charge in [-0.25, -0.2) is 9.78 Å². The molecule has 0 radical (unpaired) electrons. The molecule has 2 unspecified atom stereocenters. The van der Waals surface area contributed by atoms with Gasteiger partial charge in [0.25, 0.3) is 0 Å². The predicted molar refractivity (Wildman–Crippen MR) is 108 cm³/mol. The molecule has 1 saturated carbocycles. The van der Waals surface area contributed by atoms with Crippen molar-refractivity contribution in [1.29, 1.82) is 0 Å². The van der Waals surface area contributed by atoms with Gasteiger partial charge in [0.05, 0.1) is 19.9 Å². The minimum absolute atomic E-state index is 0.409. The molecule has 8 nitrogen and oxygen atoms in total. The summed E-state index contributed by atoms with van der Waals surface area (Å²) in [5, 5.41) is 8.82. The third-order valence-electron chi connectivity index (χ3n) is 5.96. The molecule has 0 amide bonds. The van der Waals surface area contributed by atoms with E-state index in [-0.39, 0.29) is 0 Å². The second-order valence-electron chi connectivity index (χ2n) is 8.06. The summed E-state index contributed by atoms with van der Waals surface area (Å²) in [6.07, 6.45) is 6.65. The number of carbonyl (C=O) groups excluding carboxylic acids is 1. The Balaban J connectivity index is 1.41. The van der Waals surface area contributed by atoms with Crippen LogP contribution in [-0.2, 0) is 18.3 Å². The van der Waals surface area contributed by atoms with Crippen molar-refractivity contribution in [3.8, 4) is 11.3 Å². The Kier molecular flexibility index (Phi) is 4.15. The first kappa shape index (κ1) is 17.9. The Hall–Kier alpha value is -3.16. The van der Waals surface area contributed by atoms with Gasteiger partial charge in [-0.2, -0.15) is 10.2 Å². The number of carbonyl (C=O) groups is 1. The largest absolute Gasteiger partial charge is 0.465 e. The number of esters is 1. The monoisotopic (exact) mass is 392 g/mol. The lowest BCUT2D eigenvalue weighted by Gasteiger charge is -2.20. The number of fused-ring (bicyclic) bond motifs is 1. The van der Waals surface area contributed by atoms with Crippen LogP contribution in [-0.4, -0.2) is 50.7 Å². The first-order chi connectivity index (χ1) is 14.0. The highest BCUT2D eigenvalue weighted by molar-refractivity contribution is 5.95. The van der Waals surface area contributed by atoms with E-state index in [0.29, 0.717) is 17.8 Å². The number of rotatable bonds is 5. The van der Waals surface area contributed by atoms with Crippen molar-refractivity contribution in [3.63, 3.8) is 0 Å². The van der Waals surface area contributed by atoms with Crippen LogP contribution in [0.1, 0.15) is 28.0 Å². The lowest BCUT2D eigenvalue weighted by Crippen LogP contribution is -2.23. The van der Waals surface area contributed by atoms with Gasteiger partial charge in [-0.1, -0.05) is 6.07 Å². The molecule has 1 aliphatic heterocycles. The molecule has 0 bridgehead atoms. The molecule has 1 aliphatic carbocycles. The van der Waals surface area contributed by atoms with E-state index in [9.17, 15) is 4.79 Å². The van der Waals surface area contributed by atoms with E-state index in [1.165, 1.54) is 13.5 Å². The maximum Gasteiger partial charge on any atom is 0.341 e. The minimum Gasteiger partial charge on any atom is -0.465 e. The fourth-order valence-corrected chi connectivity index (χ4v) is 4.20. The molecule has 3 aromatic heterocycles. The molecule has 4 heterocycles. The Morgan fingerprint density at radius 3 is 2.69 bits per heavy atom. The van der Waals surface area contributed by atoms with Gasteiger partial charge in [0.2, 0.25) is 0 Å². The lowest BCUT2D eigenvalue weighted by atomic mass is 10.1. The van der Waals surface area contributed by atoms with Crippen molar-refractivity contribution in [1.82, 2.24) is 24.5 Å². The predicted octanol–water partition coefficient (Wildman–Crippen LogP) is 2.28. The van der Waals surface area contributed by atoms with Crippen LogP contribution in [0.4, 0.5) is 5.82 Å². The van der Waals surface area contributed by atoms with Crippen molar-refractivity contribution in [3.05, 3.63) is 47.5 Å². The summed E-state index contributed by atoms with van der Waals surface area (Å²) in [4.78, 5) is 19.5. The van der Waals surface area contributed by atoms with Crippen LogP contribution in [0.25, 0.3) is 11.3 Å². The first-order valence-electron chi connectivity index (χ1n) is 9.88. The van der Waals surface area contributed by atoms with Crippen molar-refractivity contribution >= 4 is 11.8 Å². The maximum atomic E-state index is 12.2. The van der Waals surface area contributed by atoms with Gasteiger partial charge < -0.3 is 9.64 Å². The first-order valence-corrected chi connectivity index (χ1v) is 9.88. The average Bonchev–Trinajstić information content (AvgIpc) is 3.09. The number of hydrogen-bond acceptors (Lipinski definition) is 6. The van der Waals surface area contributed by atoms with E-state index in [4.69, 9.17) is 9.72 Å². The van der Waals surface area contributed by atoms with E-state index >= 15 is 0 Å². The Morgan fingerprint density at radius 2 is 2.03 bits per heavy atom. The second kappa shape index (κ2) is 6.72. The Labute approximate surface area is 169 Å². The van der Waals surface area contributed by atoms with Gasteiger partial charge in [0, 0.05) is 43.8 Å². The van der Waals surface area contributed by atoms with Crippen LogP contribution in [0.2, 0.25) is 0 Å². The summed E-state index contributed by atoms with van der Waals surface area (Å²) in [5.74, 6) is 2.41. The Bertz CT molecular complexity index is 1070. The fraction of sp³-hybridized carbons (Fsp3) is 0.429. The molecule has 2 fully saturated rings. The quantitative estimate of drug-likeness (QED) is 0.620. The molecule has 29 heavy (non-hydrogen) atoms. The highest BCUT2D eigenvalue weighted by atomic mass is 16.5. The number of methoxy groups -OCH3 is 1. The minimum atomic E-state index is -0.409. The summed E-state index contributed by atoms with van der Waals surface area (Å²) < 4.78 is 8.39. The van der Waals surface area contributed by atoms with Gasteiger partial charge >= 0.3 is 5.97 Å². The van der Waals surface area contributed by atoms with Crippen LogP contribution >= 0.6 is 0 Å². The van der Waals surface area contributed by atoms with Crippen LogP contribution < -0.4 is 4.90 Å². The summed E-state index contributed by atoms with van der Waals surface area (Å²) in [5.41, 5.74) is 3.85. The maximum absolute atomic E-state index is 12.2. The normalized spacial score (nSPS) is 20.0. The van der Waals surface area contributed by atoms with E-state index < -0.39 is 5.97 Å². The van der Waals surface area contributed by atoms with E-state index in [1.54, 1.807) is 21.8 Å². The van der Waals surface area contributed by atoms with Crippen molar-refractivity contribution < 1.29 is 9.53 Å². The summed E-state index contributed by atoms with van der Waals surface area (Å²) in [6.45, 7) is 4.83. The Morgan fingerprint density at radius 1 is 1.24 bits per heavy atom. The molecule has 0 aromatic carbocycles. The molecule has 2 aliphatic rings. The van der Waals surface area contributed by atoms with Gasteiger partial charge in [0.15, 0.2) is 0 Å². The van der Waals surface area contributed by atoms with E-state index in [0.717, 1.165) is 47.6 Å². The van der Waals surface area contributed by atoms with Crippen molar-refractivity contribution in [2.24, 2.45) is 18.9 Å². The molecule has 1 saturated heterocycles. The number of hydrogen-bond donors (Lipinski definition) is 0. The van der Waals surface area contributed by atoms with Crippen LogP contribution in [0.3, 0.4) is 0 Å². The number of aryl methyl sites for hydroxylation is 2. The zero-order valence-corrected chi connectivity index (χ0v) is 16.9. The standard InChI is InChI=1S/C21H24N6O2/c1-13-14(4-5-19(23-13)26-9-15-6-16(15)10-26)11-27-12-18(21(28)29-3)20(24-27)17-7-22-25(2)8-17/h4-5,7-8,12,15-16H,6,9-11H2,1-3H3. The fourth-order valence-electron chi connectivity index (χ4n) is 4.20. The molecule has 5 rings (SSSR count). The van der Waals surface area contributed by atoms with Gasteiger partial charge in [0.1, 0.15) is 17.1 Å². The van der Waals surface area contributed by atoms with Crippen molar-refractivity contribution in [2.75, 3.05) is 25.1 Å². The highest BCUT2D eigenvalue weighted by Gasteiger charge is 2.45. The van der Waals surface area contributed by atoms with Gasteiger partial charge in [-0.15, -0.1) is 0 Å². The molecular formula is C21H24N6O2. The highest BCUT2D eigenvalue weighted by Crippen LogP contribution is 2.45. The summed E-state index contributed by atoms with van der Waals surface area (Å²) in [6, 6.07) is 4.21. The molecule has 0 spiro atoms. The number of anilines is 1. The van der Waals surface area contributed by atoms with Crippen molar-refractivity contribution in [2.45, 2.75) is 19.9 Å². The molecule has 150 valence electrons. The topological polar surface area (TPSA) is 78.1 Å². The number of ether oxygens (including phenoxy) is 1. The molecular weight excluding hydrogens is 368 g/mol.